The van der Waals surface area contributed by atoms with E-state index in [0.29, 0.717) is 37.2 Å². The van der Waals surface area contributed by atoms with Crippen LogP contribution in [-0.4, -0.2) is 29.7 Å². The molecule has 1 aromatic carbocycles. The topological polar surface area (TPSA) is 88.5 Å². The largest absolute Gasteiger partial charge is 0.467 e. The van der Waals surface area contributed by atoms with Gasteiger partial charge >= 0.3 is 0 Å². The van der Waals surface area contributed by atoms with Crippen molar-refractivity contribution in [2.45, 2.75) is 19.4 Å². The molecule has 0 fully saturated rings. The molecule has 7 nitrogen and oxygen atoms in total. The number of hydrogen-bond acceptors (Lipinski definition) is 5. The summed E-state index contributed by atoms with van der Waals surface area (Å²) in [4.78, 5) is 8.48. The minimum absolute atomic E-state index is 0. The van der Waals surface area contributed by atoms with Gasteiger partial charge in [-0.2, -0.15) is 4.98 Å². The van der Waals surface area contributed by atoms with Crippen molar-refractivity contribution in [2.75, 3.05) is 13.6 Å². The van der Waals surface area contributed by atoms with Gasteiger partial charge in [0.15, 0.2) is 5.96 Å². The van der Waals surface area contributed by atoms with E-state index in [0.717, 1.165) is 17.7 Å². The maximum atomic E-state index is 13.0. The fourth-order valence-electron chi connectivity index (χ4n) is 2.32. The summed E-state index contributed by atoms with van der Waals surface area (Å²) in [6, 6.07) is 9.74. The molecule has 144 valence electrons. The van der Waals surface area contributed by atoms with Gasteiger partial charge < -0.3 is 19.6 Å². The Morgan fingerprint density at radius 3 is 2.70 bits per heavy atom. The minimum Gasteiger partial charge on any atom is -0.467 e. The molecule has 0 spiro atoms. The van der Waals surface area contributed by atoms with E-state index in [-0.39, 0.29) is 29.8 Å². The molecule has 0 bridgehead atoms. The molecule has 0 saturated heterocycles. The average molecular weight is 485 g/mol. The van der Waals surface area contributed by atoms with Gasteiger partial charge in [0.25, 0.3) is 0 Å². The second-order valence-electron chi connectivity index (χ2n) is 5.55. The molecule has 27 heavy (non-hydrogen) atoms. The lowest BCUT2D eigenvalue weighted by Gasteiger charge is -2.10. The van der Waals surface area contributed by atoms with Gasteiger partial charge in [-0.15, -0.1) is 24.0 Å². The van der Waals surface area contributed by atoms with Crippen LogP contribution in [-0.2, 0) is 13.0 Å². The molecule has 0 unspecified atom stereocenters. The van der Waals surface area contributed by atoms with E-state index >= 15 is 0 Å². The van der Waals surface area contributed by atoms with Crippen LogP contribution in [0.2, 0.25) is 0 Å². The lowest BCUT2D eigenvalue weighted by molar-refractivity contribution is 0.376. The molecule has 3 rings (SSSR count). The highest BCUT2D eigenvalue weighted by molar-refractivity contribution is 14.0. The Balaban J connectivity index is 0.00000261. The molecular weight excluding hydrogens is 464 g/mol. The van der Waals surface area contributed by atoms with Crippen LogP contribution in [0.1, 0.15) is 18.1 Å². The monoisotopic (exact) mass is 485 g/mol. The summed E-state index contributed by atoms with van der Waals surface area (Å²) >= 11 is 0. The molecule has 0 radical (unpaired) electrons. The van der Waals surface area contributed by atoms with Crippen molar-refractivity contribution in [1.29, 1.82) is 0 Å². The van der Waals surface area contributed by atoms with Crippen LogP contribution in [0.25, 0.3) is 11.4 Å². The summed E-state index contributed by atoms with van der Waals surface area (Å²) in [5, 5.41) is 10.3. The number of nitrogens with zero attached hydrogens (tertiary/aromatic N) is 3. The fraction of sp³-hybridized carbons (Fsp3) is 0.278. The number of halogens is 2. The highest BCUT2D eigenvalue weighted by Crippen LogP contribution is 2.16. The van der Waals surface area contributed by atoms with E-state index in [1.54, 1.807) is 25.4 Å². The standard InChI is InChI=1S/C18H20FN5O2.HI/c1-20-18(22-12-15-4-3-11-25-15)21-10-2-5-16-23-17(24-26-16)13-6-8-14(19)9-7-13;/h3-4,6-9,11H,2,5,10,12H2,1H3,(H2,20,21,22);1H. The molecule has 2 heterocycles. The van der Waals surface area contributed by atoms with Gasteiger partial charge in [-0.05, 0) is 42.8 Å². The zero-order valence-electron chi connectivity index (χ0n) is 14.8. The Kier molecular flexibility index (Phi) is 8.24. The SMILES string of the molecule is CN=C(NCCCc1nc(-c2ccc(F)cc2)no1)NCc1ccco1.I. The first kappa shape index (κ1) is 20.9. The number of guanidine groups is 1. The zero-order chi connectivity index (χ0) is 18.2. The quantitative estimate of drug-likeness (QED) is 0.231. The van der Waals surface area contributed by atoms with Gasteiger partial charge in [0.05, 0.1) is 12.8 Å². The number of hydrogen-bond donors (Lipinski definition) is 2. The summed E-state index contributed by atoms with van der Waals surface area (Å²) in [6.07, 6.45) is 3.07. The summed E-state index contributed by atoms with van der Waals surface area (Å²) < 4.78 is 23.5. The van der Waals surface area contributed by atoms with Gasteiger partial charge in [-0.1, -0.05) is 5.16 Å². The summed E-state index contributed by atoms with van der Waals surface area (Å²) in [7, 11) is 1.71. The number of rotatable bonds is 7. The van der Waals surface area contributed by atoms with Gasteiger partial charge in [-0.25, -0.2) is 4.39 Å². The number of benzene rings is 1. The summed E-state index contributed by atoms with van der Waals surface area (Å²) in [5.74, 6) is 2.25. The Bertz CT molecular complexity index is 834. The Hall–Kier alpha value is -2.43. The van der Waals surface area contributed by atoms with E-state index in [4.69, 9.17) is 8.94 Å². The second kappa shape index (κ2) is 10.7. The summed E-state index contributed by atoms with van der Waals surface area (Å²) in [5.41, 5.74) is 0.724. The molecule has 0 aliphatic carbocycles. The Morgan fingerprint density at radius 2 is 2.00 bits per heavy atom. The van der Waals surface area contributed by atoms with Crippen molar-refractivity contribution in [3.63, 3.8) is 0 Å². The van der Waals surface area contributed by atoms with Gasteiger partial charge in [0.1, 0.15) is 11.6 Å². The zero-order valence-corrected chi connectivity index (χ0v) is 17.1. The van der Waals surface area contributed by atoms with Crippen molar-refractivity contribution < 1.29 is 13.3 Å². The predicted molar refractivity (Wildman–Crippen MR) is 110 cm³/mol. The molecule has 0 aliphatic heterocycles. The lowest BCUT2D eigenvalue weighted by atomic mass is 10.2. The highest BCUT2D eigenvalue weighted by Gasteiger charge is 2.08. The first-order valence-electron chi connectivity index (χ1n) is 8.30. The maximum absolute atomic E-state index is 13.0. The van der Waals surface area contributed by atoms with Crippen LogP contribution in [0, 0.1) is 5.82 Å². The van der Waals surface area contributed by atoms with Gasteiger partial charge in [-0.3, -0.25) is 4.99 Å². The molecule has 0 aliphatic rings. The Labute approximate surface area is 173 Å². The van der Waals surface area contributed by atoms with E-state index in [2.05, 4.69) is 25.8 Å². The maximum Gasteiger partial charge on any atom is 0.227 e. The number of nitrogens with one attached hydrogen (secondary N) is 2. The van der Waals surface area contributed by atoms with Crippen molar-refractivity contribution in [3.05, 3.63) is 60.1 Å². The second-order valence-corrected chi connectivity index (χ2v) is 5.55. The molecule has 2 aromatic heterocycles. The normalized spacial score (nSPS) is 11.1. The third-order valence-corrected chi connectivity index (χ3v) is 3.66. The van der Waals surface area contributed by atoms with Crippen molar-refractivity contribution in [1.82, 2.24) is 20.8 Å². The first-order chi connectivity index (χ1) is 12.7. The first-order valence-corrected chi connectivity index (χ1v) is 8.30. The number of aromatic nitrogens is 2. The van der Waals surface area contributed by atoms with E-state index in [1.165, 1.54) is 12.1 Å². The predicted octanol–water partition coefficient (Wildman–Crippen LogP) is 3.38. The van der Waals surface area contributed by atoms with Crippen molar-refractivity contribution in [3.8, 4) is 11.4 Å². The minimum atomic E-state index is -0.294. The van der Waals surface area contributed by atoms with E-state index in [9.17, 15) is 4.39 Å². The smallest absolute Gasteiger partial charge is 0.227 e. The van der Waals surface area contributed by atoms with Gasteiger partial charge in [0, 0.05) is 25.6 Å². The lowest BCUT2D eigenvalue weighted by Crippen LogP contribution is -2.37. The number of aliphatic imine (C=N–C) groups is 1. The number of furan rings is 1. The van der Waals surface area contributed by atoms with Crippen molar-refractivity contribution in [2.24, 2.45) is 4.99 Å². The van der Waals surface area contributed by atoms with Crippen LogP contribution in [0.3, 0.4) is 0 Å². The molecular formula is C18H21FIN5O2. The third-order valence-electron chi connectivity index (χ3n) is 3.66. The Morgan fingerprint density at radius 1 is 1.19 bits per heavy atom. The molecule has 0 atom stereocenters. The third kappa shape index (κ3) is 6.35. The molecule has 0 amide bonds. The highest BCUT2D eigenvalue weighted by atomic mass is 127. The molecule has 0 saturated carbocycles. The summed E-state index contributed by atoms with van der Waals surface area (Å²) in [6.45, 7) is 1.27. The van der Waals surface area contributed by atoms with Crippen LogP contribution in [0.4, 0.5) is 4.39 Å². The molecule has 9 heteroatoms. The fourth-order valence-corrected chi connectivity index (χ4v) is 2.32. The van der Waals surface area contributed by atoms with E-state index in [1.807, 2.05) is 12.1 Å². The van der Waals surface area contributed by atoms with Crippen LogP contribution in [0.5, 0.6) is 0 Å². The van der Waals surface area contributed by atoms with Crippen LogP contribution in [0.15, 0.2) is 56.6 Å². The average Bonchev–Trinajstić information content (AvgIpc) is 3.34. The van der Waals surface area contributed by atoms with Crippen LogP contribution >= 0.6 is 24.0 Å². The van der Waals surface area contributed by atoms with E-state index < -0.39 is 0 Å². The number of aryl methyl sites for hydroxylation is 1. The molecule has 3 aromatic rings. The van der Waals surface area contributed by atoms with Crippen LogP contribution < -0.4 is 10.6 Å². The molecule has 2 N–H and O–H groups in total. The van der Waals surface area contributed by atoms with Gasteiger partial charge in [0.2, 0.25) is 11.7 Å². The van der Waals surface area contributed by atoms with Crippen molar-refractivity contribution >= 4 is 29.9 Å².